The molecule has 1 saturated heterocycles. The molecule has 3 aliphatic rings. The normalized spacial score (nSPS) is 30.9. The number of rotatable bonds is 6. The van der Waals surface area contributed by atoms with E-state index in [1.54, 1.807) is 24.1 Å². The molecule has 2 fully saturated rings. The number of ether oxygens (including phenoxy) is 2. The second kappa shape index (κ2) is 17.4. The van der Waals surface area contributed by atoms with Crippen LogP contribution in [0.25, 0.3) is 0 Å². The molecular formula is C38H57N3O6. The van der Waals surface area contributed by atoms with E-state index < -0.39 is 36.0 Å². The Morgan fingerprint density at radius 1 is 1.13 bits per heavy atom. The van der Waals surface area contributed by atoms with E-state index in [1.807, 2.05) is 51.1 Å². The first-order valence-electron chi connectivity index (χ1n) is 17.7. The van der Waals surface area contributed by atoms with Crippen molar-refractivity contribution in [2.24, 2.45) is 5.92 Å². The lowest BCUT2D eigenvalue weighted by Crippen LogP contribution is -2.53. The van der Waals surface area contributed by atoms with Crippen molar-refractivity contribution in [3.63, 3.8) is 0 Å². The smallest absolute Gasteiger partial charge is 0.410 e. The molecule has 3 heterocycles. The number of cyclic esters (lactones) is 1. The lowest BCUT2D eigenvalue weighted by atomic mass is 9.88. The quantitative estimate of drug-likeness (QED) is 0.161. The van der Waals surface area contributed by atoms with E-state index >= 15 is 0 Å². The van der Waals surface area contributed by atoms with Gasteiger partial charge in [-0.1, -0.05) is 69.9 Å². The lowest BCUT2D eigenvalue weighted by molar-refractivity contribution is -0.151. The molecule has 1 amide bonds. The highest BCUT2D eigenvalue weighted by atomic mass is 16.6. The second-order valence-corrected chi connectivity index (χ2v) is 14.2. The van der Waals surface area contributed by atoms with Gasteiger partial charge < -0.3 is 24.6 Å². The third-order valence-corrected chi connectivity index (χ3v) is 10.2. The van der Waals surface area contributed by atoms with Crippen molar-refractivity contribution in [3.8, 4) is 0 Å². The third-order valence-electron chi connectivity index (χ3n) is 10.2. The number of hydrogen-bond acceptors (Lipinski definition) is 8. The Balaban J connectivity index is 1.46. The molecule has 47 heavy (non-hydrogen) atoms. The zero-order chi connectivity index (χ0) is 34.0. The van der Waals surface area contributed by atoms with Crippen LogP contribution in [0.4, 0.5) is 4.79 Å². The number of aliphatic hydroxyl groups is 2. The van der Waals surface area contributed by atoms with Gasteiger partial charge in [0.1, 0.15) is 11.7 Å². The van der Waals surface area contributed by atoms with Gasteiger partial charge in [-0.05, 0) is 69.7 Å². The maximum Gasteiger partial charge on any atom is 0.410 e. The summed E-state index contributed by atoms with van der Waals surface area (Å²) in [4.78, 5) is 35.1. The van der Waals surface area contributed by atoms with Crippen molar-refractivity contribution in [3.05, 3.63) is 65.5 Å². The minimum atomic E-state index is -1.44. The second-order valence-electron chi connectivity index (χ2n) is 14.2. The van der Waals surface area contributed by atoms with Crippen LogP contribution >= 0.6 is 0 Å². The molecule has 1 unspecified atom stereocenters. The van der Waals surface area contributed by atoms with Crippen molar-refractivity contribution >= 4 is 12.1 Å². The number of aliphatic hydroxyl groups excluding tert-OH is 1. The fourth-order valence-corrected chi connectivity index (χ4v) is 7.06. The van der Waals surface area contributed by atoms with Crippen LogP contribution in [-0.2, 0) is 14.3 Å². The highest BCUT2D eigenvalue weighted by Gasteiger charge is 2.37. The molecule has 1 aromatic heterocycles. The van der Waals surface area contributed by atoms with E-state index in [-0.39, 0.29) is 31.1 Å². The van der Waals surface area contributed by atoms with Gasteiger partial charge in [-0.15, -0.1) is 0 Å². The van der Waals surface area contributed by atoms with Crippen molar-refractivity contribution in [2.75, 3.05) is 26.2 Å². The number of hydrogen-bond donors (Lipinski definition) is 2. The molecule has 1 saturated carbocycles. The number of amides is 1. The topological polar surface area (TPSA) is 112 Å². The molecule has 0 radical (unpaired) electrons. The number of aryl methyl sites for hydroxylation is 1. The van der Waals surface area contributed by atoms with E-state index in [2.05, 4.69) is 22.9 Å². The Morgan fingerprint density at radius 3 is 2.51 bits per heavy atom. The number of carbonyl (C=O) groups is 2. The molecule has 260 valence electrons. The highest BCUT2D eigenvalue weighted by Crippen LogP contribution is 2.28. The molecule has 0 bridgehead atoms. The average molecular weight is 652 g/mol. The summed E-state index contributed by atoms with van der Waals surface area (Å²) in [7, 11) is 0. The Morgan fingerprint density at radius 2 is 1.83 bits per heavy atom. The van der Waals surface area contributed by atoms with Gasteiger partial charge in [0.25, 0.3) is 0 Å². The summed E-state index contributed by atoms with van der Waals surface area (Å²) in [6.07, 6.45) is 16.1. The monoisotopic (exact) mass is 651 g/mol. The summed E-state index contributed by atoms with van der Waals surface area (Å²) < 4.78 is 11.9. The molecule has 9 nitrogen and oxygen atoms in total. The molecule has 2 aliphatic heterocycles. The van der Waals surface area contributed by atoms with Gasteiger partial charge in [-0.25, -0.2) is 4.79 Å². The average Bonchev–Trinajstić information content (AvgIpc) is 3.34. The molecule has 0 aromatic carbocycles. The molecule has 6 atom stereocenters. The summed E-state index contributed by atoms with van der Waals surface area (Å²) in [5, 5.41) is 22.2. The van der Waals surface area contributed by atoms with Crippen molar-refractivity contribution in [1.82, 2.24) is 14.8 Å². The number of carbonyl (C=O) groups excluding carboxylic acids is 2. The van der Waals surface area contributed by atoms with Crippen molar-refractivity contribution in [2.45, 2.75) is 128 Å². The largest absolute Gasteiger partial charge is 0.457 e. The van der Waals surface area contributed by atoms with Crippen LogP contribution in [-0.4, -0.2) is 93.2 Å². The molecule has 2 N–H and O–H groups in total. The third kappa shape index (κ3) is 10.7. The van der Waals surface area contributed by atoms with Crippen LogP contribution in [0.1, 0.15) is 103 Å². The fraction of sp³-hybridized carbons (Fsp3) is 0.658. The molecule has 9 heteroatoms. The van der Waals surface area contributed by atoms with Crippen LogP contribution in [0.3, 0.4) is 0 Å². The van der Waals surface area contributed by atoms with Gasteiger partial charge in [0.2, 0.25) is 0 Å². The Hall–Kier alpha value is -3.01. The molecule has 4 rings (SSSR count). The number of allylic oxidation sites excluding steroid dienone is 3. The number of nitrogens with zero attached hydrogens (tertiary/aromatic N) is 3. The van der Waals surface area contributed by atoms with Crippen LogP contribution < -0.4 is 0 Å². The molecule has 0 spiro atoms. The van der Waals surface area contributed by atoms with Crippen LogP contribution in [0.15, 0.2) is 54.3 Å². The Kier molecular flexibility index (Phi) is 13.6. The fourth-order valence-electron chi connectivity index (χ4n) is 7.06. The SMILES string of the molecule is C/C(=C\C=C\C(C)c1ncccc1C)[C@H]1OC(=O)C[C@H](O)CC[C@@](C)(O)[C@@H](OC(=O)N2CCN(C3CCCCCC3)CC2)/C=C/[C@@H]1C. The first kappa shape index (κ1) is 36.8. The predicted octanol–water partition coefficient (Wildman–Crippen LogP) is 6.24. The van der Waals surface area contributed by atoms with Crippen LogP contribution in [0.2, 0.25) is 0 Å². The minimum absolute atomic E-state index is 0.101. The first-order chi connectivity index (χ1) is 22.4. The Labute approximate surface area is 281 Å². The summed E-state index contributed by atoms with van der Waals surface area (Å²) in [6, 6.07) is 4.57. The van der Waals surface area contributed by atoms with E-state index in [9.17, 15) is 19.8 Å². The van der Waals surface area contributed by atoms with Gasteiger partial charge in [0, 0.05) is 55.9 Å². The van der Waals surface area contributed by atoms with Crippen LogP contribution in [0, 0.1) is 12.8 Å². The highest BCUT2D eigenvalue weighted by molar-refractivity contribution is 5.70. The summed E-state index contributed by atoms with van der Waals surface area (Å²) in [6.45, 7) is 12.4. The van der Waals surface area contributed by atoms with E-state index in [1.165, 1.54) is 38.5 Å². The standard InChI is InChI=1S/C38H57N3O6/c1-27(35-28(2)14-11-21-39-35)12-10-13-29(3)36-30(4)17-18-33(38(5,45)20-19-32(42)26-34(43)47-36)46-37(44)41-24-22-40(23-25-41)31-15-8-6-7-9-16-31/h10-14,17-18,21,27,30-33,36,42,45H,6-9,15-16,19-20,22-26H2,1-5H3/b12-10+,18-17+,29-13+/t27?,30-,32+,33-,36+,38+/m0/s1. The molecule has 1 aromatic rings. The van der Waals surface area contributed by atoms with Crippen LogP contribution in [0.5, 0.6) is 0 Å². The number of esters is 1. The van der Waals surface area contributed by atoms with E-state index in [0.29, 0.717) is 19.1 Å². The number of piperazine rings is 1. The van der Waals surface area contributed by atoms with Gasteiger partial charge in [-0.3, -0.25) is 14.7 Å². The summed E-state index contributed by atoms with van der Waals surface area (Å²) >= 11 is 0. The van der Waals surface area contributed by atoms with Gasteiger partial charge in [0.05, 0.1) is 12.5 Å². The van der Waals surface area contributed by atoms with Gasteiger partial charge in [0.15, 0.2) is 6.10 Å². The predicted molar refractivity (Wildman–Crippen MR) is 184 cm³/mol. The van der Waals surface area contributed by atoms with Gasteiger partial charge >= 0.3 is 12.1 Å². The number of aromatic nitrogens is 1. The van der Waals surface area contributed by atoms with Gasteiger partial charge in [-0.2, -0.15) is 0 Å². The maximum atomic E-state index is 13.4. The Bertz CT molecular complexity index is 1260. The van der Waals surface area contributed by atoms with E-state index in [4.69, 9.17) is 9.47 Å². The number of pyridine rings is 1. The van der Waals surface area contributed by atoms with Crippen molar-refractivity contribution in [1.29, 1.82) is 0 Å². The van der Waals surface area contributed by atoms with E-state index in [0.717, 1.165) is 29.9 Å². The maximum absolute atomic E-state index is 13.4. The van der Waals surface area contributed by atoms with Crippen molar-refractivity contribution < 1.29 is 29.3 Å². The zero-order valence-electron chi connectivity index (χ0n) is 29.1. The zero-order valence-corrected chi connectivity index (χ0v) is 29.1. The first-order valence-corrected chi connectivity index (χ1v) is 17.7. The minimum Gasteiger partial charge on any atom is -0.457 e. The molecular weight excluding hydrogens is 594 g/mol. The summed E-state index contributed by atoms with van der Waals surface area (Å²) in [5.74, 6) is -0.692. The lowest BCUT2D eigenvalue weighted by Gasteiger charge is -2.40. The summed E-state index contributed by atoms with van der Waals surface area (Å²) in [5.41, 5.74) is 1.52. The molecule has 1 aliphatic carbocycles.